The van der Waals surface area contributed by atoms with E-state index in [0.29, 0.717) is 24.2 Å². The molecule has 0 saturated heterocycles. The van der Waals surface area contributed by atoms with E-state index in [2.05, 4.69) is 9.97 Å². The molecule has 1 aromatic carbocycles. The van der Waals surface area contributed by atoms with Crippen LogP contribution in [-0.2, 0) is 18.8 Å². The molecule has 2 aromatic rings. The molecular formula is C15H12F6N2. The summed E-state index contributed by atoms with van der Waals surface area (Å²) in [5, 5.41) is 0. The van der Waals surface area contributed by atoms with Gasteiger partial charge in [-0.25, -0.2) is 9.97 Å². The smallest absolute Gasteiger partial charge is 0.241 e. The van der Waals surface area contributed by atoms with Gasteiger partial charge in [-0.15, -0.1) is 0 Å². The Kier molecular flexibility index (Phi) is 4.63. The van der Waals surface area contributed by atoms with Crippen molar-refractivity contribution in [3.63, 3.8) is 0 Å². The van der Waals surface area contributed by atoms with Crippen LogP contribution >= 0.6 is 0 Å². The van der Waals surface area contributed by atoms with E-state index in [-0.39, 0.29) is 17.3 Å². The molecule has 0 fully saturated rings. The number of aryl methyl sites for hydroxylation is 1. The summed E-state index contributed by atoms with van der Waals surface area (Å²) in [5.41, 5.74) is -2.38. The molecule has 0 unspecified atom stereocenters. The normalized spacial score (nSPS) is 12.5. The molecule has 0 amide bonds. The van der Waals surface area contributed by atoms with Crippen LogP contribution in [0.5, 0.6) is 0 Å². The highest BCUT2D eigenvalue weighted by atomic mass is 19.4. The van der Waals surface area contributed by atoms with Gasteiger partial charge in [0.1, 0.15) is 6.33 Å². The fourth-order valence-corrected chi connectivity index (χ4v) is 2.05. The summed E-state index contributed by atoms with van der Waals surface area (Å²) in [5.74, 6) is 0. The second-order valence-corrected chi connectivity index (χ2v) is 4.94. The molecule has 0 aliphatic carbocycles. The Morgan fingerprint density at radius 3 is 1.87 bits per heavy atom. The third-order valence-electron chi connectivity index (χ3n) is 3.11. The number of rotatable bonds is 3. The Morgan fingerprint density at radius 2 is 1.39 bits per heavy atom. The van der Waals surface area contributed by atoms with Gasteiger partial charge in [0.05, 0.1) is 16.8 Å². The third-order valence-corrected chi connectivity index (χ3v) is 3.11. The number of benzene rings is 1. The molecule has 1 heterocycles. The third kappa shape index (κ3) is 4.20. The average Bonchev–Trinajstić information content (AvgIpc) is 2.45. The van der Waals surface area contributed by atoms with Crippen molar-refractivity contribution in [1.29, 1.82) is 0 Å². The molecule has 0 N–H and O–H groups in total. The summed E-state index contributed by atoms with van der Waals surface area (Å²) >= 11 is 0. The first-order valence-electron chi connectivity index (χ1n) is 6.72. The molecule has 0 radical (unpaired) electrons. The molecule has 0 atom stereocenters. The quantitative estimate of drug-likeness (QED) is 0.727. The highest BCUT2D eigenvalue weighted by Crippen LogP contribution is 2.38. The van der Waals surface area contributed by atoms with Crippen LogP contribution in [0.2, 0.25) is 0 Å². The van der Waals surface area contributed by atoms with E-state index in [1.807, 2.05) is 6.92 Å². The Labute approximate surface area is 128 Å². The number of nitrogens with zero attached hydrogens (tertiary/aromatic N) is 2. The van der Waals surface area contributed by atoms with Gasteiger partial charge in [-0.1, -0.05) is 13.3 Å². The second-order valence-electron chi connectivity index (χ2n) is 4.94. The number of hydrogen-bond donors (Lipinski definition) is 0. The maximum Gasteiger partial charge on any atom is 0.416 e. The zero-order valence-electron chi connectivity index (χ0n) is 12.0. The molecule has 124 valence electrons. The second kappa shape index (κ2) is 6.17. The van der Waals surface area contributed by atoms with Gasteiger partial charge in [-0.05, 0) is 30.7 Å². The van der Waals surface area contributed by atoms with E-state index in [1.165, 1.54) is 6.07 Å². The predicted molar refractivity (Wildman–Crippen MR) is 71.5 cm³/mol. The van der Waals surface area contributed by atoms with Gasteiger partial charge in [0.15, 0.2) is 0 Å². The van der Waals surface area contributed by atoms with Crippen LogP contribution in [-0.4, -0.2) is 9.97 Å². The molecule has 0 saturated carbocycles. The van der Waals surface area contributed by atoms with Crippen LogP contribution < -0.4 is 0 Å². The van der Waals surface area contributed by atoms with Crippen LogP contribution in [0.15, 0.2) is 30.6 Å². The topological polar surface area (TPSA) is 25.8 Å². The summed E-state index contributed by atoms with van der Waals surface area (Å²) < 4.78 is 77.1. The number of aromatic nitrogens is 2. The molecule has 0 aliphatic heterocycles. The first kappa shape index (κ1) is 17.2. The van der Waals surface area contributed by atoms with Crippen LogP contribution in [0.3, 0.4) is 0 Å². The Bertz CT molecular complexity index is 659. The van der Waals surface area contributed by atoms with Crippen molar-refractivity contribution < 1.29 is 26.3 Å². The number of halogens is 6. The van der Waals surface area contributed by atoms with Crippen molar-refractivity contribution in [2.45, 2.75) is 32.1 Å². The molecule has 8 heteroatoms. The molecule has 0 aliphatic rings. The fraction of sp³-hybridized carbons (Fsp3) is 0.333. The van der Waals surface area contributed by atoms with E-state index in [4.69, 9.17) is 0 Å². The first-order valence-corrected chi connectivity index (χ1v) is 6.72. The Hall–Kier alpha value is -2.12. The minimum atomic E-state index is -4.88. The fourth-order valence-electron chi connectivity index (χ4n) is 2.05. The predicted octanol–water partition coefficient (Wildman–Crippen LogP) is 5.13. The van der Waals surface area contributed by atoms with Gasteiger partial charge in [-0.3, -0.25) is 0 Å². The molecule has 1 aromatic heterocycles. The molecule has 0 bridgehead atoms. The van der Waals surface area contributed by atoms with E-state index in [0.717, 1.165) is 12.7 Å². The maximum atomic E-state index is 12.9. The van der Waals surface area contributed by atoms with Crippen LogP contribution in [0.4, 0.5) is 26.3 Å². The van der Waals surface area contributed by atoms with E-state index < -0.39 is 23.5 Å². The summed E-state index contributed by atoms with van der Waals surface area (Å²) in [6.07, 6.45) is -7.33. The summed E-state index contributed by atoms with van der Waals surface area (Å²) in [6, 6.07) is 2.82. The van der Waals surface area contributed by atoms with Gasteiger partial charge >= 0.3 is 12.4 Å². The zero-order chi connectivity index (χ0) is 17.3. The van der Waals surface area contributed by atoms with E-state index in [1.54, 1.807) is 0 Å². The molecule has 0 spiro atoms. The van der Waals surface area contributed by atoms with Crippen LogP contribution in [0, 0.1) is 0 Å². The van der Waals surface area contributed by atoms with Crippen molar-refractivity contribution >= 4 is 0 Å². The summed E-state index contributed by atoms with van der Waals surface area (Å²) in [4.78, 5) is 7.73. The van der Waals surface area contributed by atoms with Gasteiger partial charge in [-0.2, -0.15) is 26.3 Å². The Balaban J connectivity index is 2.59. The summed E-state index contributed by atoms with van der Waals surface area (Å²) in [7, 11) is 0. The van der Waals surface area contributed by atoms with Crippen molar-refractivity contribution in [3.05, 3.63) is 47.4 Å². The van der Waals surface area contributed by atoms with Crippen molar-refractivity contribution in [2.24, 2.45) is 0 Å². The van der Waals surface area contributed by atoms with E-state index >= 15 is 0 Å². The Morgan fingerprint density at radius 1 is 0.826 bits per heavy atom. The SMILES string of the molecule is CCCc1cc(-c2cc(C(F)(F)F)cc(C(F)(F)F)c2)ncn1. The highest BCUT2D eigenvalue weighted by molar-refractivity contribution is 5.62. The molecule has 2 rings (SSSR count). The minimum Gasteiger partial charge on any atom is -0.241 e. The molecule has 2 nitrogen and oxygen atoms in total. The largest absolute Gasteiger partial charge is 0.416 e. The van der Waals surface area contributed by atoms with Crippen molar-refractivity contribution in [1.82, 2.24) is 9.97 Å². The number of hydrogen-bond acceptors (Lipinski definition) is 2. The lowest BCUT2D eigenvalue weighted by atomic mass is 10.0. The minimum absolute atomic E-state index is 0.0278. The monoisotopic (exact) mass is 334 g/mol. The van der Waals surface area contributed by atoms with Gasteiger partial charge in [0, 0.05) is 11.3 Å². The summed E-state index contributed by atoms with van der Waals surface area (Å²) in [6.45, 7) is 1.88. The highest BCUT2D eigenvalue weighted by Gasteiger charge is 2.37. The zero-order valence-corrected chi connectivity index (χ0v) is 12.0. The lowest BCUT2D eigenvalue weighted by molar-refractivity contribution is -0.143. The van der Waals surface area contributed by atoms with E-state index in [9.17, 15) is 26.3 Å². The maximum absolute atomic E-state index is 12.9. The first-order chi connectivity index (χ1) is 10.6. The van der Waals surface area contributed by atoms with Crippen molar-refractivity contribution in [3.8, 4) is 11.3 Å². The van der Waals surface area contributed by atoms with Crippen LogP contribution in [0.25, 0.3) is 11.3 Å². The lowest BCUT2D eigenvalue weighted by Gasteiger charge is -2.14. The number of alkyl halides is 6. The average molecular weight is 334 g/mol. The standard InChI is InChI=1S/C15H12F6N2/c1-2-3-12-7-13(23-8-22-12)9-4-10(14(16,17)18)6-11(5-9)15(19,20)21/h4-8H,2-3H2,1H3. The van der Waals surface area contributed by atoms with Crippen molar-refractivity contribution in [2.75, 3.05) is 0 Å². The van der Waals surface area contributed by atoms with Gasteiger partial charge < -0.3 is 0 Å². The van der Waals surface area contributed by atoms with Gasteiger partial charge in [0.2, 0.25) is 0 Å². The van der Waals surface area contributed by atoms with Crippen LogP contribution in [0.1, 0.15) is 30.2 Å². The van der Waals surface area contributed by atoms with Gasteiger partial charge in [0.25, 0.3) is 0 Å². The molecule has 23 heavy (non-hydrogen) atoms. The lowest BCUT2D eigenvalue weighted by Crippen LogP contribution is -2.11. The molecular weight excluding hydrogens is 322 g/mol.